The van der Waals surface area contributed by atoms with E-state index in [0.29, 0.717) is 4.34 Å². The molecule has 9 heavy (non-hydrogen) atoms. The van der Waals surface area contributed by atoms with Crippen LogP contribution in [0.5, 0.6) is 0 Å². The largest absolute Gasteiger partial charge is 0.345 e. The first kappa shape index (κ1) is 6.37. The van der Waals surface area contributed by atoms with Crippen molar-refractivity contribution in [2.75, 3.05) is 0 Å². The summed E-state index contributed by atoms with van der Waals surface area (Å²) in [4.78, 5) is 13.0. The Morgan fingerprint density at radius 1 is 1.89 bits per heavy atom. The minimum atomic E-state index is -0.506. The number of aromatic nitrogens is 1. The first-order chi connectivity index (χ1) is 4.20. The van der Waals surface area contributed by atoms with Gasteiger partial charge in [0.25, 0.3) is 0 Å². The van der Waals surface area contributed by atoms with Crippen LogP contribution in [0.1, 0.15) is 0 Å². The minimum Gasteiger partial charge on any atom is -0.257 e. The van der Waals surface area contributed by atoms with E-state index in [1.54, 1.807) is 0 Å². The van der Waals surface area contributed by atoms with Crippen LogP contribution < -0.4 is 0 Å². The van der Waals surface area contributed by atoms with Crippen LogP contribution in [-0.4, -0.2) is 9.91 Å². The molecule has 47 valence electrons. The lowest BCUT2D eigenvalue weighted by Gasteiger charge is -1.76. The van der Waals surface area contributed by atoms with Gasteiger partial charge in [0.1, 0.15) is 6.20 Å². The lowest BCUT2D eigenvalue weighted by atomic mass is 10.9. The second-order valence-corrected chi connectivity index (χ2v) is 2.88. The summed E-state index contributed by atoms with van der Waals surface area (Å²) in [7, 11) is 0. The fourth-order valence-corrected chi connectivity index (χ4v) is 1.11. The van der Waals surface area contributed by atoms with E-state index in [1.165, 1.54) is 0 Å². The second kappa shape index (κ2) is 2.24. The summed E-state index contributed by atoms with van der Waals surface area (Å²) in [5.74, 6) is 0. The Morgan fingerprint density at radius 3 is 2.78 bits per heavy atom. The van der Waals surface area contributed by atoms with Crippen LogP contribution >= 0.6 is 24.0 Å². The highest BCUT2D eigenvalue weighted by molar-refractivity contribution is 7.82. The van der Waals surface area contributed by atoms with Crippen molar-refractivity contribution in [1.29, 1.82) is 0 Å². The lowest BCUT2D eigenvalue weighted by molar-refractivity contribution is -0.380. The van der Waals surface area contributed by atoms with E-state index >= 15 is 0 Å². The SMILES string of the molecule is O=[N+]([O-])c1cnc([S])s1. The predicted molar refractivity (Wildman–Crippen MR) is 34.6 cm³/mol. The summed E-state index contributed by atoms with van der Waals surface area (Å²) in [6.07, 6.45) is 1.16. The van der Waals surface area contributed by atoms with E-state index in [2.05, 4.69) is 17.6 Å². The van der Waals surface area contributed by atoms with Gasteiger partial charge in [0.15, 0.2) is 4.34 Å². The van der Waals surface area contributed by atoms with Crippen molar-refractivity contribution >= 4 is 29.0 Å². The van der Waals surface area contributed by atoms with Crippen LogP contribution in [0.4, 0.5) is 5.00 Å². The van der Waals surface area contributed by atoms with Gasteiger partial charge >= 0.3 is 5.00 Å². The van der Waals surface area contributed by atoms with Crippen LogP contribution in [0.3, 0.4) is 0 Å². The van der Waals surface area contributed by atoms with Gasteiger partial charge in [-0.25, -0.2) is 4.98 Å². The van der Waals surface area contributed by atoms with Crippen molar-refractivity contribution in [2.45, 2.75) is 4.34 Å². The molecule has 0 bridgehead atoms. The molecule has 0 amide bonds. The van der Waals surface area contributed by atoms with Crippen molar-refractivity contribution in [3.8, 4) is 0 Å². The molecule has 1 aromatic rings. The molecule has 0 atom stereocenters. The van der Waals surface area contributed by atoms with Gasteiger partial charge in [0, 0.05) is 0 Å². The van der Waals surface area contributed by atoms with E-state index in [4.69, 9.17) is 0 Å². The minimum absolute atomic E-state index is 0.000000000000000222. The van der Waals surface area contributed by atoms with Crippen LogP contribution in [-0.2, 0) is 0 Å². The first-order valence-corrected chi connectivity index (χ1v) is 3.20. The number of nitro groups is 1. The first-order valence-electron chi connectivity index (χ1n) is 1.97. The van der Waals surface area contributed by atoms with Gasteiger partial charge in [0.05, 0.1) is 4.92 Å². The molecular formula is C3HN2O2S2. The predicted octanol–water partition coefficient (Wildman–Crippen LogP) is 1.61. The average Bonchev–Trinajstić information content (AvgIpc) is 2.14. The number of hydrogen-bond acceptors (Lipinski definition) is 4. The van der Waals surface area contributed by atoms with E-state index in [9.17, 15) is 10.1 Å². The average molecular weight is 161 g/mol. The molecule has 1 aromatic heterocycles. The maximum absolute atomic E-state index is 9.94. The molecule has 0 aliphatic carbocycles. The van der Waals surface area contributed by atoms with E-state index in [0.717, 1.165) is 17.5 Å². The summed E-state index contributed by atoms with van der Waals surface area (Å²) >= 11 is 5.46. The Balaban J connectivity index is 2.98. The zero-order valence-electron chi connectivity index (χ0n) is 4.10. The summed E-state index contributed by atoms with van der Waals surface area (Å²) in [5.41, 5.74) is 0. The second-order valence-electron chi connectivity index (χ2n) is 1.22. The fourth-order valence-electron chi connectivity index (χ4n) is 0.334. The smallest absolute Gasteiger partial charge is 0.257 e. The van der Waals surface area contributed by atoms with Crippen LogP contribution in [0.15, 0.2) is 10.5 Å². The summed E-state index contributed by atoms with van der Waals surface area (Å²) in [6, 6.07) is 0. The highest BCUT2D eigenvalue weighted by atomic mass is 32.2. The summed E-state index contributed by atoms with van der Waals surface area (Å²) in [6.45, 7) is 0. The molecule has 0 aromatic carbocycles. The van der Waals surface area contributed by atoms with Gasteiger partial charge in [-0.3, -0.25) is 10.1 Å². The van der Waals surface area contributed by atoms with Gasteiger partial charge in [-0.2, -0.15) is 0 Å². The third kappa shape index (κ3) is 1.33. The van der Waals surface area contributed by atoms with Gasteiger partial charge < -0.3 is 0 Å². The molecule has 6 heteroatoms. The van der Waals surface area contributed by atoms with Gasteiger partial charge in [-0.15, -0.1) is 0 Å². The maximum Gasteiger partial charge on any atom is 0.345 e. The zero-order valence-corrected chi connectivity index (χ0v) is 5.74. The van der Waals surface area contributed by atoms with E-state index in [1.807, 2.05) is 0 Å². The van der Waals surface area contributed by atoms with Crippen molar-refractivity contribution in [2.24, 2.45) is 0 Å². The number of nitrogens with zero attached hydrogens (tertiary/aromatic N) is 2. The molecule has 0 aliphatic heterocycles. The Bertz CT molecular complexity index is 233. The van der Waals surface area contributed by atoms with Crippen molar-refractivity contribution < 1.29 is 4.92 Å². The standard InChI is InChI=1S/C3HN2O2S2/c6-5(7)2-1-4-3(8)9-2/h1H. The molecule has 0 saturated heterocycles. The third-order valence-corrected chi connectivity index (χ3v) is 1.75. The number of hydrogen-bond donors (Lipinski definition) is 0. The van der Waals surface area contributed by atoms with Crippen molar-refractivity contribution in [3.05, 3.63) is 16.3 Å². The quantitative estimate of drug-likeness (QED) is 0.464. The number of rotatable bonds is 1. The number of thiazole rings is 1. The zero-order chi connectivity index (χ0) is 6.85. The molecular weight excluding hydrogens is 160 g/mol. The maximum atomic E-state index is 9.94. The topological polar surface area (TPSA) is 56.0 Å². The van der Waals surface area contributed by atoms with Crippen LogP contribution in [0.25, 0.3) is 0 Å². The highest BCUT2D eigenvalue weighted by Crippen LogP contribution is 2.22. The summed E-state index contributed by atoms with van der Waals surface area (Å²) in [5, 5.41) is 9.94. The third-order valence-electron chi connectivity index (χ3n) is 0.652. The van der Waals surface area contributed by atoms with Gasteiger partial charge in [0.2, 0.25) is 0 Å². The Hall–Kier alpha value is -0.750. The normalized spacial score (nSPS) is 9.33. The summed E-state index contributed by atoms with van der Waals surface area (Å²) < 4.78 is 0.307. The van der Waals surface area contributed by atoms with E-state index < -0.39 is 4.92 Å². The highest BCUT2D eigenvalue weighted by Gasteiger charge is 2.08. The fraction of sp³-hybridized carbons (Fsp3) is 0. The molecule has 0 spiro atoms. The molecule has 1 rings (SSSR count). The molecule has 0 N–H and O–H groups in total. The van der Waals surface area contributed by atoms with Crippen molar-refractivity contribution in [3.63, 3.8) is 0 Å². The molecule has 0 aliphatic rings. The molecule has 0 saturated carbocycles. The van der Waals surface area contributed by atoms with E-state index in [-0.39, 0.29) is 5.00 Å². The molecule has 4 nitrogen and oxygen atoms in total. The van der Waals surface area contributed by atoms with Gasteiger partial charge in [-0.05, 0) is 24.0 Å². The Kier molecular flexibility index (Phi) is 1.58. The Labute approximate surface area is 60.1 Å². The molecule has 0 unspecified atom stereocenters. The van der Waals surface area contributed by atoms with Crippen LogP contribution in [0.2, 0.25) is 0 Å². The lowest BCUT2D eigenvalue weighted by Crippen LogP contribution is -1.80. The molecule has 1 heterocycles. The molecule has 1 radical (unpaired) electrons. The van der Waals surface area contributed by atoms with Crippen molar-refractivity contribution in [1.82, 2.24) is 4.98 Å². The van der Waals surface area contributed by atoms with Gasteiger partial charge in [-0.1, -0.05) is 0 Å². The monoisotopic (exact) mass is 161 g/mol. The Morgan fingerprint density at radius 2 is 2.56 bits per heavy atom. The molecule has 0 fully saturated rings. The van der Waals surface area contributed by atoms with Crippen LogP contribution in [0, 0.1) is 10.1 Å².